The first kappa shape index (κ1) is 85.9. The van der Waals surface area contributed by atoms with Crippen LogP contribution in [0.5, 0.6) is 0 Å². The fourth-order valence-corrected chi connectivity index (χ4v) is 11.5. The lowest BCUT2D eigenvalue weighted by atomic mass is 9.77. The molecule has 0 aliphatic carbocycles. The molecule has 26 nitrogen and oxygen atoms in total. The van der Waals surface area contributed by atoms with Crippen molar-refractivity contribution >= 4 is 65.5 Å². The molecule has 566 valence electrons. The van der Waals surface area contributed by atoms with Crippen LogP contribution in [0.15, 0.2) is 96.0 Å². The van der Waals surface area contributed by atoms with Gasteiger partial charge in [0.05, 0.1) is 30.7 Å². The van der Waals surface area contributed by atoms with E-state index in [-0.39, 0.29) is 19.2 Å². The maximum atomic E-state index is 15.1. The lowest BCUT2D eigenvalue weighted by molar-refractivity contribution is -0.156. The highest BCUT2D eigenvalue weighted by Crippen LogP contribution is 2.37. The number of nitrogens with one attached hydrogen (secondary N) is 9. The Kier molecular flexibility index (Phi) is 35.0. The van der Waals surface area contributed by atoms with E-state index in [0.29, 0.717) is 36.1 Å². The number of amides is 9. The number of methoxy groups -OCH3 is 1. The van der Waals surface area contributed by atoms with Crippen molar-refractivity contribution in [3.8, 4) is 0 Å². The highest BCUT2D eigenvalue weighted by molar-refractivity contribution is 6.02. The first-order chi connectivity index (χ1) is 47.9. The van der Waals surface area contributed by atoms with Crippen molar-refractivity contribution in [2.45, 2.75) is 271 Å². The Balaban J connectivity index is 1.55. The first-order valence-electron chi connectivity index (χ1n) is 35.8. The number of unbranched alkanes of at least 4 members (excludes halogenated alkanes) is 9. The molecule has 4 rings (SSSR count). The Bertz CT molecular complexity index is 3080. The van der Waals surface area contributed by atoms with Crippen LogP contribution in [0.4, 0.5) is 9.59 Å². The number of nitrogens with zero attached hydrogens (tertiary/aromatic N) is 1. The van der Waals surface area contributed by atoms with Crippen LogP contribution in [0.25, 0.3) is 0 Å². The maximum Gasteiger partial charge on any atom is 0.414 e. The van der Waals surface area contributed by atoms with Crippen molar-refractivity contribution < 1.29 is 76.4 Å². The Morgan fingerprint density at radius 1 is 0.529 bits per heavy atom. The van der Waals surface area contributed by atoms with Gasteiger partial charge in [0.2, 0.25) is 47.3 Å². The van der Waals surface area contributed by atoms with Crippen LogP contribution in [0.2, 0.25) is 0 Å². The molecule has 26 heteroatoms. The van der Waals surface area contributed by atoms with E-state index < -0.39 is 155 Å². The van der Waals surface area contributed by atoms with Gasteiger partial charge in [-0.25, -0.2) is 14.4 Å². The molecular weight excluding hydrogens is 1310 g/mol. The molecule has 3 aromatic rings. The largest absolute Gasteiger partial charge is 0.458 e. The molecule has 3 aromatic carbocycles. The number of guanidine groups is 1. The van der Waals surface area contributed by atoms with Gasteiger partial charge in [-0.05, 0) is 124 Å². The molecule has 1 aliphatic rings. The fraction of sp³-hybridized carbons (Fsp3) is 0.618. The molecule has 9 N–H and O–H groups in total. The van der Waals surface area contributed by atoms with Crippen molar-refractivity contribution in [1.82, 2.24) is 47.9 Å². The second-order valence-corrected chi connectivity index (χ2v) is 29.7. The fourth-order valence-electron chi connectivity index (χ4n) is 11.5. The molecular formula is C76H116N10O16. The van der Waals surface area contributed by atoms with E-state index in [1.165, 1.54) is 21.0 Å². The van der Waals surface area contributed by atoms with Gasteiger partial charge >= 0.3 is 18.2 Å². The molecule has 1 fully saturated rings. The average molecular weight is 1430 g/mol. The van der Waals surface area contributed by atoms with E-state index in [1.807, 2.05) is 91.0 Å². The molecule has 9 atom stereocenters. The zero-order chi connectivity index (χ0) is 76.0. The predicted octanol–water partition coefficient (Wildman–Crippen LogP) is 8.95. The third-order valence-corrected chi connectivity index (χ3v) is 16.4. The quantitative estimate of drug-likeness (QED) is 0.00595. The normalized spacial score (nSPS) is 19.9. The van der Waals surface area contributed by atoms with Gasteiger partial charge in [-0.2, -0.15) is 0 Å². The van der Waals surface area contributed by atoms with Crippen LogP contribution >= 0.6 is 0 Å². The smallest absolute Gasteiger partial charge is 0.414 e. The molecule has 0 bridgehead atoms. The topological polar surface area (TPSA) is 347 Å². The van der Waals surface area contributed by atoms with Crippen molar-refractivity contribution in [2.24, 2.45) is 16.8 Å². The summed E-state index contributed by atoms with van der Waals surface area (Å²) in [4.78, 5) is 147. The minimum absolute atomic E-state index is 0.0529. The number of carbonyl (C=O) groups excluding carboxylic acids is 10. The van der Waals surface area contributed by atoms with Gasteiger partial charge in [0.1, 0.15) is 65.9 Å². The highest BCUT2D eigenvalue weighted by Gasteiger charge is 2.43. The summed E-state index contributed by atoms with van der Waals surface area (Å²) in [7, 11) is 1.45. The molecule has 1 aliphatic heterocycles. The van der Waals surface area contributed by atoms with Crippen molar-refractivity contribution in [1.29, 1.82) is 0 Å². The van der Waals surface area contributed by atoms with Gasteiger partial charge in [-0.1, -0.05) is 176 Å². The lowest BCUT2D eigenvalue weighted by Gasteiger charge is -2.37. The number of rotatable bonds is 29. The van der Waals surface area contributed by atoms with Crippen LogP contribution in [0, 0.1) is 11.8 Å². The number of hydrogen-bond acceptors (Lipinski definition) is 17. The summed E-state index contributed by atoms with van der Waals surface area (Å²) in [5.74, 6) is -8.18. The van der Waals surface area contributed by atoms with Gasteiger partial charge in [0, 0.05) is 13.7 Å². The summed E-state index contributed by atoms with van der Waals surface area (Å²) in [5, 5.41) is 24.5. The molecule has 0 unspecified atom stereocenters. The number of aliphatic imine (C=N–C) groups is 1. The average Bonchev–Trinajstić information content (AvgIpc) is 0.756. The van der Waals surface area contributed by atoms with Crippen molar-refractivity contribution in [3.05, 3.63) is 108 Å². The molecule has 0 spiro atoms. The Labute approximate surface area is 603 Å². The van der Waals surface area contributed by atoms with Crippen LogP contribution in [-0.4, -0.2) is 157 Å². The van der Waals surface area contributed by atoms with Gasteiger partial charge in [0.25, 0.3) is 0 Å². The second kappa shape index (κ2) is 41.6. The van der Waals surface area contributed by atoms with Crippen LogP contribution in [-0.2, 0) is 72.3 Å². The molecule has 0 saturated carbocycles. The molecule has 1 saturated heterocycles. The highest BCUT2D eigenvalue weighted by atomic mass is 16.7. The summed E-state index contributed by atoms with van der Waals surface area (Å²) in [6.45, 7) is 26.8. The summed E-state index contributed by atoms with van der Waals surface area (Å²) < 4.78 is 34.0. The van der Waals surface area contributed by atoms with Crippen molar-refractivity contribution in [2.75, 3.05) is 20.4 Å². The van der Waals surface area contributed by atoms with Gasteiger partial charge < -0.3 is 65.6 Å². The van der Waals surface area contributed by atoms with Crippen LogP contribution in [0.3, 0.4) is 0 Å². The van der Waals surface area contributed by atoms with E-state index >= 15 is 4.79 Å². The maximum absolute atomic E-state index is 15.1. The van der Waals surface area contributed by atoms with E-state index in [4.69, 9.17) is 28.4 Å². The number of esters is 1. The minimum atomic E-state index is -1.74. The Morgan fingerprint density at radius 2 is 0.961 bits per heavy atom. The van der Waals surface area contributed by atoms with E-state index in [2.05, 4.69) is 52.8 Å². The molecule has 102 heavy (non-hydrogen) atoms. The molecule has 0 aromatic heterocycles. The second-order valence-electron chi connectivity index (χ2n) is 29.7. The van der Waals surface area contributed by atoms with E-state index in [0.717, 1.165) is 57.8 Å². The van der Waals surface area contributed by atoms with Gasteiger partial charge in [-0.3, -0.25) is 49.2 Å². The zero-order valence-corrected chi connectivity index (χ0v) is 63.1. The van der Waals surface area contributed by atoms with Crippen molar-refractivity contribution in [3.63, 3.8) is 0 Å². The lowest BCUT2D eigenvalue weighted by Crippen LogP contribution is -2.63. The zero-order valence-electron chi connectivity index (χ0n) is 63.1. The SMILES string of the molecule is COCO[C@H](CCCCCCCCCCCCN=C(NC(=O)OC(C)(C)C)NC(=O)OC(C)(C)C)CC(=O)N[C@@H]1C(=O)N[C@H](C(C)C)C(=O)N[C@@H](C(C)C)C(=O)N[C@H]([C@@H](C)OC(C)(C)C)C(=O)N[C@H](CC(=O)NC(c2ccccc2)(c2ccccc2)c2ccccc2)C(=O)N[C@H](C)C(=O)O[C@@H]1C. The number of ether oxygens (including phenoxy) is 6. The third kappa shape index (κ3) is 30.2. The number of benzene rings is 3. The Morgan fingerprint density at radius 3 is 1.40 bits per heavy atom. The van der Waals surface area contributed by atoms with Crippen LogP contribution < -0.4 is 47.9 Å². The first-order valence-corrected chi connectivity index (χ1v) is 35.8. The number of alkyl carbamates (subject to hydrolysis) is 2. The number of cyclic esters (lactones) is 1. The summed E-state index contributed by atoms with van der Waals surface area (Å²) >= 11 is 0. The molecule has 9 amide bonds. The number of carbonyl (C=O) groups is 10. The summed E-state index contributed by atoms with van der Waals surface area (Å²) in [5.41, 5.74) is -1.73. The minimum Gasteiger partial charge on any atom is -0.458 e. The Hall–Kier alpha value is -8.49. The monoisotopic (exact) mass is 1420 g/mol. The molecule has 0 radical (unpaired) electrons. The van der Waals surface area contributed by atoms with Gasteiger partial charge in [-0.15, -0.1) is 0 Å². The summed E-state index contributed by atoms with van der Waals surface area (Å²) in [6, 6.07) is 18.6. The number of hydrogen-bond donors (Lipinski definition) is 9. The van der Waals surface area contributed by atoms with Crippen LogP contribution in [0.1, 0.15) is 211 Å². The van der Waals surface area contributed by atoms with E-state index in [9.17, 15) is 43.2 Å². The van der Waals surface area contributed by atoms with Gasteiger partial charge in [0.15, 0.2) is 0 Å². The van der Waals surface area contributed by atoms with E-state index in [1.54, 1.807) is 96.9 Å². The standard InChI is InChI=1S/C76H116N10O16/c1-48(2)60-65(90)81-61(49(3)4)66(91)83-63(52(7)100-73(8,9)10)67(92)79-57(46-59(88)86-76(53-37-29-26-30-38-53,54-39-31-27-32-40-54)55-41-33-28-34-42-55)64(89)78-50(5)69(94)99-51(6)62(68(93)82-60)80-58(87)45-56(98-47-97-17)43-35-24-22-20-18-19-21-23-25-36-44-77-70(84-71(95)101-74(11,12)13)85-72(96)102-75(14,15)16/h26-34,37-42,48-52,56-57,60-63H,18-25,35-36,43-47H2,1-17H3,(H,78,89)(H,79,92)(H,80,87)(H,81,90)(H,82,93)(H,83,91)(H,86,88)(H2,77,84,85,95,96)/t50-,51-,52-,56-,57-,60-,61+,62+,63-/m1/s1. The molecule has 1 heterocycles. The predicted molar refractivity (Wildman–Crippen MR) is 388 cm³/mol. The summed E-state index contributed by atoms with van der Waals surface area (Å²) in [6.07, 6.45) is 3.90. The third-order valence-electron chi connectivity index (χ3n) is 16.4.